The van der Waals surface area contributed by atoms with Crippen molar-refractivity contribution in [3.05, 3.63) is 69.7 Å². The van der Waals surface area contributed by atoms with Gasteiger partial charge in [0.25, 0.3) is 0 Å². The van der Waals surface area contributed by atoms with Gasteiger partial charge in [0, 0.05) is 12.7 Å². The highest BCUT2D eigenvalue weighted by molar-refractivity contribution is 9.10. The van der Waals surface area contributed by atoms with Crippen LogP contribution < -0.4 is 14.8 Å². The van der Waals surface area contributed by atoms with Crippen molar-refractivity contribution >= 4 is 47.6 Å². The van der Waals surface area contributed by atoms with Crippen molar-refractivity contribution in [3.63, 3.8) is 0 Å². The number of aromatic nitrogens is 1. The highest BCUT2D eigenvalue weighted by Crippen LogP contribution is 2.37. The Hall–Kier alpha value is -2.54. The summed E-state index contributed by atoms with van der Waals surface area (Å²) in [6, 6.07) is 14.8. The average molecular weight is 636 g/mol. The van der Waals surface area contributed by atoms with Crippen molar-refractivity contribution in [2.45, 2.75) is 31.7 Å². The van der Waals surface area contributed by atoms with E-state index in [2.05, 4.69) is 33.4 Å². The van der Waals surface area contributed by atoms with E-state index in [0.29, 0.717) is 5.75 Å². The molecule has 4 aromatic rings. The minimum absolute atomic E-state index is 0.0221. The van der Waals surface area contributed by atoms with Crippen molar-refractivity contribution in [3.8, 4) is 22.1 Å². The molecule has 0 saturated carbocycles. The van der Waals surface area contributed by atoms with Crippen LogP contribution in [-0.2, 0) is 19.0 Å². The summed E-state index contributed by atoms with van der Waals surface area (Å²) < 4.78 is 48.7. The molecule has 4 rings (SSSR count). The third-order valence-corrected chi connectivity index (χ3v) is 9.17. The second-order valence-corrected chi connectivity index (χ2v) is 12.3. The third kappa shape index (κ3) is 6.79. The maximum Gasteiger partial charge on any atom is 0.300 e. The summed E-state index contributed by atoms with van der Waals surface area (Å²) in [4.78, 5) is 4.88. The van der Waals surface area contributed by atoms with Crippen molar-refractivity contribution in [2.24, 2.45) is 0 Å². The summed E-state index contributed by atoms with van der Waals surface area (Å²) in [5, 5.41) is 4.20. The number of thiazole rings is 1. The molecule has 11 heteroatoms. The molecule has 0 bridgehead atoms. The smallest absolute Gasteiger partial charge is 0.300 e. The lowest BCUT2D eigenvalue weighted by molar-refractivity contribution is 0.0506. The maximum atomic E-state index is 12.6. The summed E-state index contributed by atoms with van der Waals surface area (Å²) in [5.74, 6) is 0.966. The fourth-order valence-electron chi connectivity index (χ4n) is 4.12. The van der Waals surface area contributed by atoms with Crippen molar-refractivity contribution in [1.82, 2.24) is 10.3 Å². The first kappa shape index (κ1) is 29.4. The predicted molar refractivity (Wildman–Crippen MR) is 157 cm³/mol. The lowest BCUT2D eigenvalue weighted by Gasteiger charge is -2.21. The summed E-state index contributed by atoms with van der Waals surface area (Å²) in [5.41, 5.74) is 4.88. The number of methoxy groups -OCH3 is 1. The first-order chi connectivity index (χ1) is 18.7. The van der Waals surface area contributed by atoms with E-state index in [4.69, 9.17) is 23.4 Å². The van der Waals surface area contributed by atoms with Gasteiger partial charge >= 0.3 is 10.1 Å². The van der Waals surface area contributed by atoms with Gasteiger partial charge in [-0.2, -0.15) is 8.42 Å². The summed E-state index contributed by atoms with van der Waals surface area (Å²) in [7, 11) is -0.481. The molecular formula is C28H31BrN2O6S2. The number of nitrogens with one attached hydrogen (secondary N) is 1. The van der Waals surface area contributed by atoms with Crippen LogP contribution in [-0.4, -0.2) is 47.6 Å². The largest absolute Gasteiger partial charge is 0.490 e. The Morgan fingerprint density at radius 1 is 1.05 bits per heavy atom. The zero-order valence-corrected chi connectivity index (χ0v) is 25.6. The van der Waals surface area contributed by atoms with Gasteiger partial charge in [-0.25, -0.2) is 4.98 Å². The Morgan fingerprint density at radius 3 is 2.54 bits per heavy atom. The Labute approximate surface area is 241 Å². The normalized spacial score (nSPS) is 12.6. The molecule has 1 N–H and O–H groups in total. The molecule has 0 aliphatic heterocycles. The minimum Gasteiger partial charge on any atom is -0.490 e. The second kappa shape index (κ2) is 12.8. The molecule has 0 fully saturated rings. The van der Waals surface area contributed by atoms with Gasteiger partial charge in [-0.05, 0) is 103 Å². The molecular weight excluding hydrogens is 604 g/mol. The SMILES string of the molecule is CCOS(=O)(=O)c1ccc(C)cc1OCC(NC)c1cc2sc(-c3ccc(OCOC)c(Br)c3)nc2cc1C. The minimum atomic E-state index is -3.92. The zero-order valence-electron chi connectivity index (χ0n) is 22.4. The number of benzene rings is 3. The number of fused-ring (bicyclic) bond motifs is 1. The number of rotatable bonds is 12. The maximum absolute atomic E-state index is 12.6. The number of likely N-dealkylation sites (N-methyl/N-ethyl adjacent to an activating group) is 1. The Morgan fingerprint density at radius 2 is 1.85 bits per heavy atom. The Balaban J connectivity index is 1.60. The monoisotopic (exact) mass is 634 g/mol. The highest BCUT2D eigenvalue weighted by Gasteiger charge is 2.22. The molecule has 0 amide bonds. The molecule has 8 nitrogen and oxygen atoms in total. The first-order valence-corrected chi connectivity index (χ1v) is 15.3. The molecule has 0 aliphatic rings. The summed E-state index contributed by atoms with van der Waals surface area (Å²) in [6.45, 7) is 6.01. The van der Waals surface area contributed by atoms with Gasteiger partial charge in [0.1, 0.15) is 28.0 Å². The van der Waals surface area contributed by atoms with Gasteiger partial charge in [0.05, 0.1) is 27.3 Å². The van der Waals surface area contributed by atoms with E-state index in [9.17, 15) is 8.42 Å². The van der Waals surface area contributed by atoms with Gasteiger partial charge in [-0.15, -0.1) is 11.3 Å². The van der Waals surface area contributed by atoms with E-state index in [1.54, 1.807) is 37.5 Å². The van der Waals surface area contributed by atoms with Gasteiger partial charge < -0.3 is 19.5 Å². The number of nitrogens with zero attached hydrogens (tertiary/aromatic N) is 1. The molecule has 0 radical (unpaired) electrons. The number of ether oxygens (including phenoxy) is 3. The van der Waals surface area contributed by atoms with Crippen LogP contribution in [0.2, 0.25) is 0 Å². The first-order valence-electron chi connectivity index (χ1n) is 12.3. The number of aryl methyl sites for hydroxylation is 2. The van der Waals surface area contributed by atoms with Gasteiger partial charge in [-0.3, -0.25) is 4.18 Å². The van der Waals surface area contributed by atoms with Crippen LogP contribution >= 0.6 is 27.3 Å². The van der Waals surface area contributed by atoms with Crippen molar-refractivity contribution < 1.29 is 26.8 Å². The fraction of sp³-hybridized carbons (Fsp3) is 0.321. The topological polar surface area (TPSA) is 96.0 Å². The average Bonchev–Trinajstić information content (AvgIpc) is 3.31. The van der Waals surface area contributed by atoms with Gasteiger partial charge in [0.15, 0.2) is 6.79 Å². The van der Waals surface area contributed by atoms with Crippen LogP contribution in [0.15, 0.2) is 57.9 Å². The zero-order chi connectivity index (χ0) is 28.2. The number of hydrogen-bond donors (Lipinski definition) is 1. The van der Waals surface area contributed by atoms with Crippen LogP contribution in [0.25, 0.3) is 20.8 Å². The van der Waals surface area contributed by atoms with Crippen molar-refractivity contribution in [1.29, 1.82) is 0 Å². The van der Waals surface area contributed by atoms with Crippen LogP contribution in [0.3, 0.4) is 0 Å². The molecule has 0 aliphatic carbocycles. The van der Waals surface area contributed by atoms with Crippen LogP contribution in [0, 0.1) is 13.8 Å². The van der Waals surface area contributed by atoms with E-state index in [0.717, 1.165) is 42.0 Å². The Bertz CT molecular complexity index is 1570. The molecule has 0 spiro atoms. The highest BCUT2D eigenvalue weighted by atomic mass is 79.9. The van der Waals surface area contributed by atoms with Crippen molar-refractivity contribution in [2.75, 3.05) is 34.2 Å². The summed E-state index contributed by atoms with van der Waals surface area (Å²) >= 11 is 5.16. The van der Waals surface area contributed by atoms with E-state index < -0.39 is 10.1 Å². The molecule has 208 valence electrons. The van der Waals surface area contributed by atoms with E-state index >= 15 is 0 Å². The molecule has 1 unspecified atom stereocenters. The number of hydrogen-bond acceptors (Lipinski definition) is 9. The molecule has 1 heterocycles. The lowest BCUT2D eigenvalue weighted by Crippen LogP contribution is -2.24. The molecule has 1 atom stereocenters. The van der Waals surface area contributed by atoms with Gasteiger partial charge in [-0.1, -0.05) is 6.07 Å². The van der Waals surface area contributed by atoms with Crippen LogP contribution in [0.1, 0.15) is 29.7 Å². The van der Waals surface area contributed by atoms with Crippen LogP contribution in [0.5, 0.6) is 11.5 Å². The number of halogens is 1. The second-order valence-electron chi connectivity index (χ2n) is 8.85. The van der Waals surface area contributed by atoms with E-state index in [1.165, 1.54) is 6.07 Å². The third-order valence-electron chi connectivity index (χ3n) is 6.06. The van der Waals surface area contributed by atoms with Crippen LogP contribution in [0.4, 0.5) is 0 Å². The molecule has 1 aromatic heterocycles. The quantitative estimate of drug-likeness (QED) is 0.141. The van der Waals surface area contributed by atoms with E-state index in [-0.39, 0.29) is 36.7 Å². The molecule has 0 saturated heterocycles. The Kier molecular flexibility index (Phi) is 9.63. The lowest BCUT2D eigenvalue weighted by atomic mass is 10.0. The molecule has 3 aromatic carbocycles. The van der Waals surface area contributed by atoms with E-state index in [1.807, 2.05) is 39.1 Å². The van der Waals surface area contributed by atoms with Gasteiger partial charge in [0.2, 0.25) is 0 Å². The predicted octanol–water partition coefficient (Wildman–Crippen LogP) is 6.39. The molecule has 39 heavy (non-hydrogen) atoms. The standard InChI is InChI=1S/C28H31BrN2O6S2/c1-6-37-39(32,33)27-10-7-17(2)11-25(27)35-15-23(30-4)20-14-26-22(12-18(20)3)31-28(38-26)19-8-9-24(21(29)13-19)36-16-34-5/h7-14,23,30H,6,15-16H2,1-5H3. The fourth-order valence-corrected chi connectivity index (χ4v) is 6.64. The summed E-state index contributed by atoms with van der Waals surface area (Å²) in [6.07, 6.45) is 0.